The number of nitrogens with one attached hydrogen (secondary N) is 1. The molecule has 2 aromatic carbocycles. The van der Waals surface area contributed by atoms with E-state index in [9.17, 15) is 4.79 Å². The van der Waals surface area contributed by atoms with Crippen LogP contribution in [0.15, 0.2) is 47.1 Å². The standard InChI is InChI=1S/C21H18N2O2S/c24-20(22-11-21-23-17-6-1-2-7-19(17)26-21)10-15-12-25-18-9-14-5-3-4-13(14)8-16(15)18/h1-2,6-9,12H,3-5,10-11H2,(H,22,24). The molecule has 26 heavy (non-hydrogen) atoms. The van der Waals surface area contributed by atoms with E-state index in [-0.39, 0.29) is 5.91 Å². The first kappa shape index (κ1) is 15.6. The normalized spacial score (nSPS) is 13.4. The summed E-state index contributed by atoms with van der Waals surface area (Å²) in [6.07, 6.45) is 5.51. The molecule has 2 heterocycles. The van der Waals surface area contributed by atoms with Crippen molar-refractivity contribution in [3.8, 4) is 0 Å². The number of carbonyl (C=O) groups excluding carboxylic acids is 1. The monoisotopic (exact) mass is 362 g/mol. The predicted octanol–water partition coefficient (Wildman–Crippen LogP) is 4.39. The zero-order valence-corrected chi connectivity index (χ0v) is 15.1. The summed E-state index contributed by atoms with van der Waals surface area (Å²) < 4.78 is 6.83. The maximum absolute atomic E-state index is 12.4. The van der Waals surface area contributed by atoms with Gasteiger partial charge in [-0.3, -0.25) is 4.79 Å². The van der Waals surface area contributed by atoms with Crippen LogP contribution in [0.1, 0.15) is 28.1 Å². The van der Waals surface area contributed by atoms with Gasteiger partial charge in [0.15, 0.2) is 0 Å². The molecular weight excluding hydrogens is 344 g/mol. The first-order valence-corrected chi connectivity index (χ1v) is 9.71. The lowest BCUT2D eigenvalue weighted by Crippen LogP contribution is -2.24. The molecule has 1 N–H and O–H groups in total. The van der Waals surface area contributed by atoms with Gasteiger partial charge in [-0.2, -0.15) is 0 Å². The van der Waals surface area contributed by atoms with Crippen molar-refractivity contribution in [1.29, 1.82) is 0 Å². The lowest BCUT2D eigenvalue weighted by atomic mass is 10.0. The Balaban J connectivity index is 1.30. The summed E-state index contributed by atoms with van der Waals surface area (Å²) in [6, 6.07) is 12.4. The second kappa shape index (κ2) is 6.25. The van der Waals surface area contributed by atoms with Gasteiger partial charge in [-0.15, -0.1) is 11.3 Å². The third-order valence-electron chi connectivity index (χ3n) is 4.99. The average Bonchev–Trinajstić information content (AvgIpc) is 3.36. The van der Waals surface area contributed by atoms with Crippen molar-refractivity contribution < 1.29 is 9.21 Å². The third kappa shape index (κ3) is 2.78. The van der Waals surface area contributed by atoms with Gasteiger partial charge in [-0.25, -0.2) is 4.98 Å². The molecule has 0 radical (unpaired) electrons. The molecule has 1 aliphatic rings. The molecular formula is C21H18N2O2S. The number of aromatic nitrogens is 1. The van der Waals surface area contributed by atoms with Crippen molar-refractivity contribution in [2.45, 2.75) is 32.2 Å². The van der Waals surface area contributed by atoms with Gasteiger partial charge in [0.05, 0.1) is 29.4 Å². The van der Waals surface area contributed by atoms with Gasteiger partial charge in [0.25, 0.3) is 0 Å². The van der Waals surface area contributed by atoms with Crippen LogP contribution in [-0.4, -0.2) is 10.9 Å². The molecule has 130 valence electrons. The number of hydrogen-bond acceptors (Lipinski definition) is 4. The molecule has 1 amide bonds. The maximum atomic E-state index is 12.4. The number of hydrogen-bond donors (Lipinski definition) is 1. The molecule has 4 nitrogen and oxygen atoms in total. The minimum Gasteiger partial charge on any atom is -0.464 e. The summed E-state index contributed by atoms with van der Waals surface area (Å²) in [5.41, 5.74) is 5.61. The van der Waals surface area contributed by atoms with Crippen LogP contribution in [0.4, 0.5) is 0 Å². The highest BCUT2D eigenvalue weighted by Crippen LogP contribution is 2.30. The van der Waals surface area contributed by atoms with Crippen LogP contribution in [0.25, 0.3) is 21.2 Å². The molecule has 4 aromatic rings. The number of para-hydroxylation sites is 1. The number of rotatable bonds is 4. The topological polar surface area (TPSA) is 55.1 Å². The summed E-state index contributed by atoms with van der Waals surface area (Å²) in [5.74, 6) is -0.00699. The van der Waals surface area contributed by atoms with Crippen molar-refractivity contribution in [3.63, 3.8) is 0 Å². The summed E-state index contributed by atoms with van der Waals surface area (Å²) in [5, 5.41) is 4.98. The molecule has 0 fully saturated rings. The van der Waals surface area contributed by atoms with Gasteiger partial charge < -0.3 is 9.73 Å². The lowest BCUT2D eigenvalue weighted by molar-refractivity contribution is -0.120. The molecule has 0 unspecified atom stereocenters. The van der Waals surface area contributed by atoms with E-state index in [0.717, 1.165) is 44.6 Å². The Morgan fingerprint density at radius 2 is 2.04 bits per heavy atom. The van der Waals surface area contributed by atoms with Crippen LogP contribution in [0.3, 0.4) is 0 Å². The van der Waals surface area contributed by atoms with E-state index in [1.165, 1.54) is 17.5 Å². The number of thiazole rings is 1. The quantitative estimate of drug-likeness (QED) is 0.586. The van der Waals surface area contributed by atoms with Crippen LogP contribution < -0.4 is 5.32 Å². The fraction of sp³-hybridized carbons (Fsp3) is 0.238. The molecule has 0 saturated heterocycles. The molecule has 0 bridgehead atoms. The van der Waals surface area contributed by atoms with E-state index < -0.39 is 0 Å². The summed E-state index contributed by atoms with van der Waals surface area (Å²) in [6.45, 7) is 0.462. The van der Waals surface area contributed by atoms with Crippen molar-refractivity contribution in [3.05, 3.63) is 64.4 Å². The minimum atomic E-state index is -0.00699. The van der Waals surface area contributed by atoms with Gasteiger partial charge in [-0.05, 0) is 54.7 Å². The summed E-state index contributed by atoms with van der Waals surface area (Å²) >= 11 is 1.62. The molecule has 0 aliphatic heterocycles. The predicted molar refractivity (Wildman–Crippen MR) is 103 cm³/mol. The smallest absolute Gasteiger partial charge is 0.224 e. The number of carbonyl (C=O) groups is 1. The molecule has 0 atom stereocenters. The van der Waals surface area contributed by atoms with Crippen molar-refractivity contribution in [2.24, 2.45) is 0 Å². The summed E-state index contributed by atoms with van der Waals surface area (Å²) in [7, 11) is 0. The van der Waals surface area contributed by atoms with Crippen LogP contribution in [-0.2, 0) is 30.6 Å². The minimum absolute atomic E-state index is 0.00699. The average molecular weight is 362 g/mol. The van der Waals surface area contributed by atoms with E-state index in [0.29, 0.717) is 13.0 Å². The highest BCUT2D eigenvalue weighted by Gasteiger charge is 2.16. The van der Waals surface area contributed by atoms with Crippen LogP contribution in [0, 0.1) is 0 Å². The number of benzene rings is 2. The SMILES string of the molecule is O=C(Cc1coc2cc3c(cc12)CCC3)NCc1nc2ccccc2s1. The number of fused-ring (bicyclic) bond motifs is 3. The molecule has 5 rings (SSSR count). The lowest BCUT2D eigenvalue weighted by Gasteiger charge is -2.03. The molecule has 5 heteroatoms. The van der Waals surface area contributed by atoms with E-state index in [1.54, 1.807) is 17.6 Å². The zero-order chi connectivity index (χ0) is 17.5. The Labute approximate surface area is 154 Å². The van der Waals surface area contributed by atoms with E-state index in [1.807, 2.05) is 24.3 Å². The van der Waals surface area contributed by atoms with Gasteiger partial charge in [0.2, 0.25) is 5.91 Å². The Bertz CT molecular complexity index is 1090. The fourth-order valence-electron chi connectivity index (χ4n) is 3.69. The fourth-order valence-corrected chi connectivity index (χ4v) is 4.60. The number of nitrogens with zero attached hydrogens (tertiary/aromatic N) is 1. The van der Waals surface area contributed by atoms with E-state index in [2.05, 4.69) is 22.4 Å². The van der Waals surface area contributed by atoms with Gasteiger partial charge in [0.1, 0.15) is 10.6 Å². The van der Waals surface area contributed by atoms with Crippen LogP contribution in [0.5, 0.6) is 0 Å². The number of furan rings is 1. The van der Waals surface area contributed by atoms with Crippen molar-refractivity contribution in [2.75, 3.05) is 0 Å². The Morgan fingerprint density at radius 1 is 1.19 bits per heavy atom. The number of amides is 1. The van der Waals surface area contributed by atoms with Crippen LogP contribution in [0.2, 0.25) is 0 Å². The highest BCUT2D eigenvalue weighted by atomic mass is 32.1. The summed E-state index contributed by atoms with van der Waals surface area (Å²) in [4.78, 5) is 17.0. The van der Waals surface area contributed by atoms with Crippen LogP contribution >= 0.6 is 11.3 Å². The second-order valence-corrected chi connectivity index (χ2v) is 7.88. The van der Waals surface area contributed by atoms with E-state index >= 15 is 0 Å². The van der Waals surface area contributed by atoms with Gasteiger partial charge in [-0.1, -0.05) is 12.1 Å². The second-order valence-electron chi connectivity index (χ2n) is 6.76. The first-order valence-electron chi connectivity index (χ1n) is 8.89. The number of aryl methyl sites for hydroxylation is 2. The Morgan fingerprint density at radius 3 is 2.92 bits per heavy atom. The third-order valence-corrected chi connectivity index (χ3v) is 6.03. The van der Waals surface area contributed by atoms with Crippen molar-refractivity contribution in [1.82, 2.24) is 10.3 Å². The maximum Gasteiger partial charge on any atom is 0.224 e. The highest BCUT2D eigenvalue weighted by molar-refractivity contribution is 7.18. The Kier molecular flexibility index (Phi) is 3.75. The van der Waals surface area contributed by atoms with E-state index in [4.69, 9.17) is 4.42 Å². The molecule has 1 aliphatic carbocycles. The zero-order valence-electron chi connectivity index (χ0n) is 14.2. The first-order chi connectivity index (χ1) is 12.8. The van der Waals surface area contributed by atoms with Gasteiger partial charge >= 0.3 is 0 Å². The van der Waals surface area contributed by atoms with Gasteiger partial charge in [0, 0.05) is 10.9 Å². The molecule has 0 spiro atoms. The Hall–Kier alpha value is -2.66. The largest absolute Gasteiger partial charge is 0.464 e. The van der Waals surface area contributed by atoms with Crippen molar-refractivity contribution >= 4 is 38.4 Å². The molecule has 2 aromatic heterocycles. The molecule has 0 saturated carbocycles.